The highest BCUT2D eigenvalue weighted by Crippen LogP contribution is 2.12. The normalized spacial score (nSPS) is 18.3. The number of nitrogens with zero attached hydrogens (tertiary/aromatic N) is 2. The van der Waals surface area contributed by atoms with Crippen LogP contribution in [0, 0.1) is 0 Å². The summed E-state index contributed by atoms with van der Waals surface area (Å²) in [6, 6.07) is 5.02. The molecule has 1 aliphatic rings. The van der Waals surface area contributed by atoms with Crippen LogP contribution in [0.4, 0.5) is 0 Å². The molecule has 1 saturated heterocycles. The molecular formula is C15H27N3. The van der Waals surface area contributed by atoms with Gasteiger partial charge in [-0.1, -0.05) is 13.3 Å². The fourth-order valence-corrected chi connectivity index (χ4v) is 2.67. The molecule has 1 N–H and O–H groups in total. The number of aryl methyl sites for hydroxylation is 1. The second-order valence-corrected chi connectivity index (χ2v) is 5.46. The summed E-state index contributed by atoms with van der Waals surface area (Å²) < 4.78 is 2.20. The number of piperidine rings is 1. The van der Waals surface area contributed by atoms with Gasteiger partial charge in [0.05, 0.1) is 0 Å². The van der Waals surface area contributed by atoms with E-state index in [2.05, 4.69) is 47.1 Å². The van der Waals surface area contributed by atoms with Gasteiger partial charge in [-0.25, -0.2) is 0 Å². The number of aromatic nitrogens is 1. The van der Waals surface area contributed by atoms with Gasteiger partial charge in [-0.05, 0) is 51.0 Å². The average molecular weight is 249 g/mol. The molecule has 0 radical (unpaired) electrons. The van der Waals surface area contributed by atoms with E-state index < -0.39 is 0 Å². The molecule has 1 aromatic heterocycles. The second-order valence-electron chi connectivity index (χ2n) is 5.46. The zero-order valence-corrected chi connectivity index (χ0v) is 11.9. The lowest BCUT2D eigenvalue weighted by Crippen LogP contribution is -2.42. The van der Waals surface area contributed by atoms with Crippen molar-refractivity contribution in [3.05, 3.63) is 24.0 Å². The van der Waals surface area contributed by atoms with Crippen LogP contribution >= 0.6 is 0 Å². The van der Waals surface area contributed by atoms with Gasteiger partial charge in [0, 0.05) is 31.5 Å². The summed E-state index contributed by atoms with van der Waals surface area (Å²) in [5.74, 6) is 0. The first-order chi connectivity index (χ1) is 8.79. The van der Waals surface area contributed by atoms with Gasteiger partial charge in [0.15, 0.2) is 0 Å². The summed E-state index contributed by atoms with van der Waals surface area (Å²) in [5, 5.41) is 3.69. The van der Waals surface area contributed by atoms with Crippen molar-refractivity contribution in [2.24, 2.45) is 7.05 Å². The summed E-state index contributed by atoms with van der Waals surface area (Å²) in [4.78, 5) is 2.62. The van der Waals surface area contributed by atoms with Gasteiger partial charge < -0.3 is 14.8 Å². The average Bonchev–Trinajstić information content (AvgIpc) is 2.81. The highest BCUT2D eigenvalue weighted by atomic mass is 15.1. The van der Waals surface area contributed by atoms with Crippen LogP contribution in [0.5, 0.6) is 0 Å². The highest BCUT2D eigenvalue weighted by molar-refractivity contribution is 5.06. The van der Waals surface area contributed by atoms with E-state index in [1.165, 1.54) is 51.0 Å². The zero-order valence-electron chi connectivity index (χ0n) is 11.9. The SMILES string of the molecule is CCCCN1CCC(NCc2cccn2C)CC1. The molecule has 0 saturated carbocycles. The topological polar surface area (TPSA) is 20.2 Å². The molecular weight excluding hydrogens is 222 g/mol. The number of hydrogen-bond acceptors (Lipinski definition) is 2. The predicted octanol–water partition coefficient (Wildman–Crippen LogP) is 2.38. The summed E-state index contributed by atoms with van der Waals surface area (Å²) in [6.07, 6.45) is 7.37. The number of rotatable bonds is 6. The van der Waals surface area contributed by atoms with Crippen LogP contribution in [0.1, 0.15) is 38.3 Å². The Bertz CT molecular complexity index is 337. The van der Waals surface area contributed by atoms with E-state index in [-0.39, 0.29) is 0 Å². The van der Waals surface area contributed by atoms with Gasteiger partial charge in [0.25, 0.3) is 0 Å². The zero-order chi connectivity index (χ0) is 12.8. The van der Waals surface area contributed by atoms with Crippen molar-refractivity contribution in [1.29, 1.82) is 0 Å². The third-order valence-corrected chi connectivity index (χ3v) is 4.04. The van der Waals surface area contributed by atoms with E-state index in [9.17, 15) is 0 Å². The van der Waals surface area contributed by atoms with Crippen LogP contribution in [0.15, 0.2) is 18.3 Å². The first-order valence-electron chi connectivity index (χ1n) is 7.35. The van der Waals surface area contributed by atoms with Crippen LogP contribution in [0.2, 0.25) is 0 Å². The molecule has 18 heavy (non-hydrogen) atoms. The molecule has 0 aliphatic carbocycles. The molecule has 3 heteroatoms. The maximum atomic E-state index is 3.69. The molecule has 0 bridgehead atoms. The number of nitrogens with one attached hydrogen (secondary N) is 1. The maximum absolute atomic E-state index is 3.69. The van der Waals surface area contributed by atoms with Crippen LogP contribution in [-0.4, -0.2) is 35.1 Å². The molecule has 0 spiro atoms. The predicted molar refractivity (Wildman–Crippen MR) is 76.6 cm³/mol. The Balaban J connectivity index is 1.66. The molecule has 0 atom stereocenters. The van der Waals surface area contributed by atoms with Crippen molar-refractivity contribution < 1.29 is 0 Å². The molecule has 0 aromatic carbocycles. The molecule has 0 unspecified atom stereocenters. The van der Waals surface area contributed by atoms with Gasteiger partial charge >= 0.3 is 0 Å². The van der Waals surface area contributed by atoms with Crippen molar-refractivity contribution >= 4 is 0 Å². The van der Waals surface area contributed by atoms with E-state index in [1.807, 2.05) is 0 Å². The van der Waals surface area contributed by atoms with Crippen LogP contribution in [0.25, 0.3) is 0 Å². The van der Waals surface area contributed by atoms with E-state index >= 15 is 0 Å². The van der Waals surface area contributed by atoms with Crippen molar-refractivity contribution in [3.63, 3.8) is 0 Å². The lowest BCUT2D eigenvalue weighted by molar-refractivity contribution is 0.194. The van der Waals surface area contributed by atoms with Crippen molar-refractivity contribution in [2.45, 2.75) is 45.2 Å². The summed E-state index contributed by atoms with van der Waals surface area (Å²) >= 11 is 0. The van der Waals surface area contributed by atoms with Gasteiger partial charge in [0.2, 0.25) is 0 Å². The standard InChI is InChI=1S/C15H27N3/c1-3-4-10-18-11-7-14(8-12-18)16-13-15-6-5-9-17(15)2/h5-6,9,14,16H,3-4,7-8,10-13H2,1-2H3. The van der Waals surface area contributed by atoms with E-state index in [0.717, 1.165) is 6.54 Å². The van der Waals surface area contributed by atoms with Crippen molar-refractivity contribution in [1.82, 2.24) is 14.8 Å². The third kappa shape index (κ3) is 3.85. The number of likely N-dealkylation sites (tertiary alicyclic amines) is 1. The van der Waals surface area contributed by atoms with E-state index in [0.29, 0.717) is 6.04 Å². The molecule has 1 aromatic rings. The van der Waals surface area contributed by atoms with Crippen molar-refractivity contribution in [2.75, 3.05) is 19.6 Å². The smallest absolute Gasteiger partial charge is 0.0361 e. The molecule has 102 valence electrons. The first kappa shape index (κ1) is 13.6. The molecule has 2 rings (SSSR count). The Kier molecular flexibility index (Phi) is 5.26. The minimum absolute atomic E-state index is 0.706. The van der Waals surface area contributed by atoms with Crippen LogP contribution in [-0.2, 0) is 13.6 Å². The van der Waals surface area contributed by atoms with Crippen LogP contribution in [0.3, 0.4) is 0 Å². The third-order valence-electron chi connectivity index (χ3n) is 4.04. The Morgan fingerprint density at radius 3 is 2.72 bits per heavy atom. The Hall–Kier alpha value is -0.800. The van der Waals surface area contributed by atoms with E-state index in [4.69, 9.17) is 0 Å². The molecule has 1 aliphatic heterocycles. The monoisotopic (exact) mass is 249 g/mol. The minimum atomic E-state index is 0.706. The van der Waals surface area contributed by atoms with Gasteiger partial charge in [-0.15, -0.1) is 0 Å². The lowest BCUT2D eigenvalue weighted by atomic mass is 10.0. The lowest BCUT2D eigenvalue weighted by Gasteiger charge is -2.32. The first-order valence-corrected chi connectivity index (χ1v) is 7.35. The second kappa shape index (κ2) is 6.95. The van der Waals surface area contributed by atoms with Crippen LogP contribution < -0.4 is 5.32 Å². The number of hydrogen-bond donors (Lipinski definition) is 1. The largest absolute Gasteiger partial charge is 0.353 e. The van der Waals surface area contributed by atoms with E-state index in [1.54, 1.807) is 0 Å². The summed E-state index contributed by atoms with van der Waals surface area (Å²) in [7, 11) is 2.12. The van der Waals surface area contributed by atoms with Gasteiger partial charge in [0.1, 0.15) is 0 Å². The number of unbranched alkanes of at least 4 members (excludes halogenated alkanes) is 1. The maximum Gasteiger partial charge on any atom is 0.0361 e. The molecule has 3 nitrogen and oxygen atoms in total. The highest BCUT2D eigenvalue weighted by Gasteiger charge is 2.18. The van der Waals surface area contributed by atoms with Gasteiger partial charge in [-0.2, -0.15) is 0 Å². The quantitative estimate of drug-likeness (QED) is 0.835. The minimum Gasteiger partial charge on any atom is -0.353 e. The summed E-state index contributed by atoms with van der Waals surface area (Å²) in [5.41, 5.74) is 1.38. The molecule has 0 amide bonds. The molecule has 1 fully saturated rings. The fraction of sp³-hybridized carbons (Fsp3) is 0.733. The molecule has 2 heterocycles. The Labute approximate surface area is 111 Å². The van der Waals surface area contributed by atoms with Crippen molar-refractivity contribution in [3.8, 4) is 0 Å². The summed E-state index contributed by atoms with van der Waals surface area (Å²) in [6.45, 7) is 7.11. The van der Waals surface area contributed by atoms with Gasteiger partial charge in [-0.3, -0.25) is 0 Å². The Morgan fingerprint density at radius 1 is 1.33 bits per heavy atom. The fourth-order valence-electron chi connectivity index (χ4n) is 2.67. The Morgan fingerprint density at radius 2 is 2.11 bits per heavy atom.